The van der Waals surface area contributed by atoms with E-state index in [2.05, 4.69) is 20.9 Å². The number of halogens is 3. The summed E-state index contributed by atoms with van der Waals surface area (Å²) < 4.78 is 24.6. The first-order chi connectivity index (χ1) is 8.04. The molecule has 4 nitrogen and oxygen atoms in total. The molecule has 0 atom stereocenters. The number of rotatable bonds is 5. The van der Waals surface area contributed by atoms with Crippen molar-refractivity contribution in [1.29, 1.82) is 0 Å². The van der Waals surface area contributed by atoms with Gasteiger partial charge >= 0.3 is 0 Å². The Balaban J connectivity index is 2.83. The second kappa shape index (κ2) is 6.48. The second-order valence-corrected chi connectivity index (χ2v) is 4.07. The number of aromatic nitrogens is 1. The van der Waals surface area contributed by atoms with Crippen molar-refractivity contribution in [3.05, 3.63) is 34.2 Å². The summed E-state index contributed by atoms with van der Waals surface area (Å²) in [5.74, 6) is -0.527. The Bertz CT molecular complexity index is 416. The van der Waals surface area contributed by atoms with Gasteiger partial charge in [0.15, 0.2) is 0 Å². The van der Waals surface area contributed by atoms with E-state index in [1.165, 1.54) is 18.3 Å². The van der Waals surface area contributed by atoms with E-state index in [0.717, 1.165) is 4.90 Å². The summed E-state index contributed by atoms with van der Waals surface area (Å²) in [4.78, 5) is 26.0. The van der Waals surface area contributed by atoms with Gasteiger partial charge in [0.25, 0.3) is 12.3 Å². The molecule has 1 heterocycles. The molecule has 0 radical (unpaired) electrons. The van der Waals surface area contributed by atoms with Crippen molar-refractivity contribution in [1.82, 2.24) is 9.88 Å². The number of hydrogen-bond acceptors (Lipinski definition) is 2. The largest absolute Gasteiger partial charge is 0.332 e. The summed E-state index contributed by atoms with van der Waals surface area (Å²) in [7, 11) is 0. The maximum atomic E-state index is 12.3. The third kappa shape index (κ3) is 4.26. The molecule has 0 aliphatic carbocycles. The fraction of sp³-hybridized carbons (Fsp3) is 0.400. The molecule has 0 spiro atoms. The number of pyridine rings is 1. The molecule has 0 saturated carbocycles. The van der Waals surface area contributed by atoms with Crippen molar-refractivity contribution in [3.8, 4) is 0 Å². The Labute approximate surface area is 105 Å². The van der Waals surface area contributed by atoms with Crippen LogP contribution < -0.4 is 5.56 Å². The maximum Gasteiger partial charge on any atom is 0.255 e. The highest BCUT2D eigenvalue weighted by molar-refractivity contribution is 9.09. The third-order valence-electron chi connectivity index (χ3n) is 2.03. The van der Waals surface area contributed by atoms with Gasteiger partial charge in [-0.3, -0.25) is 9.59 Å². The Kier molecular flexibility index (Phi) is 5.27. The van der Waals surface area contributed by atoms with Crippen LogP contribution in [0.25, 0.3) is 0 Å². The number of carbonyl (C=O) groups excluding carboxylic acids is 1. The maximum absolute atomic E-state index is 12.3. The van der Waals surface area contributed by atoms with Gasteiger partial charge in [0.1, 0.15) is 0 Å². The van der Waals surface area contributed by atoms with E-state index in [4.69, 9.17) is 0 Å². The van der Waals surface area contributed by atoms with E-state index in [1.807, 2.05) is 0 Å². The van der Waals surface area contributed by atoms with E-state index in [1.54, 1.807) is 0 Å². The van der Waals surface area contributed by atoms with Crippen molar-refractivity contribution >= 4 is 21.8 Å². The molecular weight excluding hydrogens is 298 g/mol. The molecule has 0 fully saturated rings. The summed E-state index contributed by atoms with van der Waals surface area (Å²) in [6.07, 6.45) is -1.36. The van der Waals surface area contributed by atoms with Crippen molar-refractivity contribution in [2.75, 3.05) is 18.4 Å². The van der Waals surface area contributed by atoms with Gasteiger partial charge < -0.3 is 9.88 Å². The van der Waals surface area contributed by atoms with E-state index in [9.17, 15) is 18.4 Å². The van der Waals surface area contributed by atoms with Gasteiger partial charge in [0.2, 0.25) is 5.56 Å². The summed E-state index contributed by atoms with van der Waals surface area (Å²) in [6.45, 7) is -0.439. The minimum absolute atomic E-state index is 0.183. The van der Waals surface area contributed by atoms with Crippen LogP contribution in [-0.4, -0.2) is 40.6 Å². The van der Waals surface area contributed by atoms with E-state index in [0.29, 0.717) is 5.33 Å². The van der Waals surface area contributed by atoms with E-state index in [-0.39, 0.29) is 17.7 Å². The number of amides is 1. The highest BCUT2D eigenvalue weighted by Gasteiger charge is 2.19. The van der Waals surface area contributed by atoms with Crippen LogP contribution in [0.15, 0.2) is 23.1 Å². The molecule has 0 saturated heterocycles. The Morgan fingerprint density at radius 3 is 2.65 bits per heavy atom. The highest BCUT2D eigenvalue weighted by Crippen LogP contribution is 2.06. The standard InChI is InChI=1S/C10H11BrF2N2O2/c11-3-4-15(6-8(12)13)10(17)7-1-2-9(16)14-5-7/h1-2,5,8H,3-4,6H2,(H,14,16). The van der Waals surface area contributed by atoms with Crippen LogP contribution in [-0.2, 0) is 0 Å². The predicted molar refractivity (Wildman–Crippen MR) is 62.8 cm³/mol. The normalized spacial score (nSPS) is 10.6. The molecule has 1 rings (SSSR count). The van der Waals surface area contributed by atoms with E-state index >= 15 is 0 Å². The van der Waals surface area contributed by atoms with Crippen LogP contribution >= 0.6 is 15.9 Å². The van der Waals surface area contributed by atoms with Crippen molar-refractivity contribution in [2.45, 2.75) is 6.43 Å². The summed E-state index contributed by atoms with van der Waals surface area (Å²) in [5, 5.41) is 0.412. The third-order valence-corrected chi connectivity index (χ3v) is 2.39. The lowest BCUT2D eigenvalue weighted by atomic mass is 10.2. The van der Waals surface area contributed by atoms with Crippen LogP contribution in [0.3, 0.4) is 0 Å². The monoisotopic (exact) mass is 308 g/mol. The molecule has 0 aliphatic heterocycles. The zero-order valence-corrected chi connectivity index (χ0v) is 10.4. The molecule has 0 unspecified atom stereocenters. The van der Waals surface area contributed by atoms with Crippen LogP contribution in [0.2, 0.25) is 0 Å². The lowest BCUT2D eigenvalue weighted by Crippen LogP contribution is -2.36. The molecule has 1 aromatic heterocycles. The minimum Gasteiger partial charge on any atom is -0.332 e. The quantitative estimate of drug-likeness (QED) is 0.838. The zero-order valence-electron chi connectivity index (χ0n) is 8.83. The van der Waals surface area contributed by atoms with Crippen molar-refractivity contribution in [3.63, 3.8) is 0 Å². The fourth-order valence-electron chi connectivity index (χ4n) is 1.27. The number of nitrogens with one attached hydrogen (secondary N) is 1. The lowest BCUT2D eigenvalue weighted by molar-refractivity contribution is 0.0572. The number of aromatic amines is 1. The Morgan fingerprint density at radius 1 is 1.47 bits per heavy atom. The minimum atomic E-state index is -2.58. The Morgan fingerprint density at radius 2 is 2.18 bits per heavy atom. The molecule has 94 valence electrons. The summed E-state index contributed by atoms with van der Waals surface area (Å²) in [5.41, 5.74) is -0.159. The number of hydrogen-bond donors (Lipinski definition) is 1. The average Bonchev–Trinajstić information content (AvgIpc) is 2.28. The Hall–Kier alpha value is -1.24. The molecule has 1 N–H and O–H groups in total. The molecule has 0 aromatic carbocycles. The molecule has 7 heteroatoms. The van der Waals surface area contributed by atoms with Crippen molar-refractivity contribution in [2.24, 2.45) is 0 Å². The topological polar surface area (TPSA) is 53.2 Å². The predicted octanol–water partition coefficient (Wildman–Crippen LogP) is 1.48. The second-order valence-electron chi connectivity index (χ2n) is 3.27. The van der Waals surface area contributed by atoms with Gasteiger partial charge in [-0.05, 0) is 6.07 Å². The first-order valence-corrected chi connectivity index (χ1v) is 5.99. The first-order valence-electron chi connectivity index (χ1n) is 4.86. The summed E-state index contributed by atoms with van der Waals surface area (Å²) >= 11 is 3.10. The first kappa shape index (κ1) is 13.8. The van der Waals surface area contributed by atoms with Crippen LogP contribution in [0.4, 0.5) is 8.78 Å². The van der Waals surface area contributed by atoms with Gasteiger partial charge in [-0.2, -0.15) is 0 Å². The zero-order chi connectivity index (χ0) is 12.8. The molecule has 1 aromatic rings. The molecule has 0 bridgehead atoms. The molecule has 0 aliphatic rings. The van der Waals surface area contributed by atoms with Gasteiger partial charge in [0, 0.05) is 24.1 Å². The van der Waals surface area contributed by atoms with Gasteiger partial charge in [-0.1, -0.05) is 15.9 Å². The van der Waals surface area contributed by atoms with Gasteiger partial charge in [0.05, 0.1) is 12.1 Å². The smallest absolute Gasteiger partial charge is 0.255 e. The number of H-pyrrole nitrogens is 1. The number of alkyl halides is 3. The SMILES string of the molecule is O=C(c1ccc(=O)[nH]c1)N(CCBr)CC(F)F. The van der Waals surface area contributed by atoms with Crippen LogP contribution in [0, 0.1) is 0 Å². The van der Waals surface area contributed by atoms with Crippen molar-refractivity contribution < 1.29 is 13.6 Å². The van der Waals surface area contributed by atoms with Gasteiger partial charge in [-0.25, -0.2) is 8.78 Å². The summed E-state index contributed by atoms with van der Waals surface area (Å²) in [6, 6.07) is 2.50. The lowest BCUT2D eigenvalue weighted by Gasteiger charge is -2.21. The number of carbonyl (C=O) groups is 1. The van der Waals surface area contributed by atoms with E-state index < -0.39 is 18.9 Å². The molecule has 17 heavy (non-hydrogen) atoms. The number of nitrogens with zero attached hydrogens (tertiary/aromatic N) is 1. The highest BCUT2D eigenvalue weighted by atomic mass is 79.9. The van der Waals surface area contributed by atoms with Crippen LogP contribution in [0.5, 0.6) is 0 Å². The molecule has 1 amide bonds. The van der Waals surface area contributed by atoms with Gasteiger partial charge in [-0.15, -0.1) is 0 Å². The van der Waals surface area contributed by atoms with Crippen LogP contribution in [0.1, 0.15) is 10.4 Å². The average molecular weight is 309 g/mol. The molecular formula is C10H11BrF2N2O2. The fourth-order valence-corrected chi connectivity index (χ4v) is 1.70.